The Bertz CT molecular complexity index is 650. The predicted octanol–water partition coefficient (Wildman–Crippen LogP) is 3.65. The molecule has 0 aliphatic heterocycles. The standard InChI is InChI=1S/C18H25N3S/c1-18(2,22-4)13-21-17(19-3)20-12-14-9-10-15-7-5-6-8-16(15)11-14/h5-11H,12-13H2,1-4H3,(H2,19,20,21). The van der Waals surface area contributed by atoms with Crippen molar-refractivity contribution >= 4 is 28.5 Å². The Balaban J connectivity index is 1.94. The van der Waals surface area contributed by atoms with E-state index in [-0.39, 0.29) is 4.75 Å². The van der Waals surface area contributed by atoms with Gasteiger partial charge in [-0.05, 0) is 42.5 Å². The molecule has 0 amide bonds. The summed E-state index contributed by atoms with van der Waals surface area (Å²) < 4.78 is 0.195. The Labute approximate surface area is 137 Å². The molecule has 0 fully saturated rings. The van der Waals surface area contributed by atoms with Crippen LogP contribution in [0, 0.1) is 0 Å². The zero-order chi connectivity index (χ0) is 16.0. The molecule has 0 radical (unpaired) electrons. The zero-order valence-corrected chi connectivity index (χ0v) is 14.6. The van der Waals surface area contributed by atoms with Gasteiger partial charge in [-0.2, -0.15) is 11.8 Å². The van der Waals surface area contributed by atoms with Gasteiger partial charge in [0, 0.05) is 24.9 Å². The molecule has 0 atom stereocenters. The molecule has 0 bridgehead atoms. The first-order chi connectivity index (χ1) is 10.5. The highest BCUT2D eigenvalue weighted by atomic mass is 32.2. The summed E-state index contributed by atoms with van der Waals surface area (Å²) in [4.78, 5) is 4.29. The molecule has 4 heteroatoms. The summed E-state index contributed by atoms with van der Waals surface area (Å²) in [5, 5.41) is 9.31. The van der Waals surface area contributed by atoms with Crippen molar-refractivity contribution in [2.45, 2.75) is 25.1 Å². The number of hydrogen-bond donors (Lipinski definition) is 2. The van der Waals surface area contributed by atoms with Crippen LogP contribution in [0.4, 0.5) is 0 Å². The second-order valence-electron chi connectivity index (χ2n) is 5.92. The fourth-order valence-corrected chi connectivity index (χ4v) is 2.34. The maximum absolute atomic E-state index is 4.29. The Hall–Kier alpha value is -1.68. The van der Waals surface area contributed by atoms with E-state index in [1.54, 1.807) is 0 Å². The van der Waals surface area contributed by atoms with Crippen LogP contribution < -0.4 is 10.6 Å². The van der Waals surface area contributed by atoms with E-state index in [2.05, 4.69) is 78.2 Å². The second kappa shape index (κ2) is 7.54. The fourth-order valence-electron chi connectivity index (χ4n) is 2.12. The molecule has 0 aromatic heterocycles. The summed E-state index contributed by atoms with van der Waals surface area (Å²) >= 11 is 1.85. The predicted molar refractivity (Wildman–Crippen MR) is 99.7 cm³/mol. The number of hydrogen-bond acceptors (Lipinski definition) is 2. The van der Waals surface area contributed by atoms with Crippen molar-refractivity contribution in [3.8, 4) is 0 Å². The van der Waals surface area contributed by atoms with Crippen LogP contribution in [0.3, 0.4) is 0 Å². The summed E-state index contributed by atoms with van der Waals surface area (Å²) in [7, 11) is 1.81. The molecule has 0 saturated carbocycles. The molecule has 118 valence electrons. The van der Waals surface area contributed by atoms with Crippen LogP contribution in [0.25, 0.3) is 10.8 Å². The van der Waals surface area contributed by atoms with Crippen molar-refractivity contribution in [2.75, 3.05) is 19.8 Å². The number of rotatable bonds is 5. The van der Waals surface area contributed by atoms with Gasteiger partial charge in [-0.15, -0.1) is 0 Å². The minimum atomic E-state index is 0.195. The largest absolute Gasteiger partial charge is 0.355 e. The van der Waals surface area contributed by atoms with Crippen molar-refractivity contribution in [1.82, 2.24) is 10.6 Å². The van der Waals surface area contributed by atoms with Gasteiger partial charge in [-0.1, -0.05) is 36.4 Å². The Kier molecular flexibility index (Phi) is 5.72. The van der Waals surface area contributed by atoms with Crippen LogP contribution in [0.2, 0.25) is 0 Å². The van der Waals surface area contributed by atoms with Crippen molar-refractivity contribution in [1.29, 1.82) is 0 Å². The monoisotopic (exact) mass is 315 g/mol. The van der Waals surface area contributed by atoms with E-state index in [4.69, 9.17) is 0 Å². The van der Waals surface area contributed by atoms with Gasteiger partial charge in [0.1, 0.15) is 0 Å². The zero-order valence-electron chi connectivity index (χ0n) is 13.8. The van der Waals surface area contributed by atoms with Gasteiger partial charge in [0.25, 0.3) is 0 Å². The minimum absolute atomic E-state index is 0.195. The molecule has 2 aromatic rings. The summed E-state index contributed by atoms with van der Waals surface area (Å²) in [6, 6.07) is 15.0. The topological polar surface area (TPSA) is 36.4 Å². The molecule has 0 spiro atoms. The Morgan fingerprint density at radius 2 is 1.82 bits per heavy atom. The molecule has 2 N–H and O–H groups in total. The summed E-state index contributed by atoms with van der Waals surface area (Å²) in [5.74, 6) is 0.843. The molecule has 2 rings (SSSR count). The highest BCUT2D eigenvalue weighted by Crippen LogP contribution is 2.19. The van der Waals surface area contributed by atoms with E-state index in [0.717, 1.165) is 19.0 Å². The maximum atomic E-state index is 4.29. The van der Waals surface area contributed by atoms with Crippen molar-refractivity contribution in [3.05, 3.63) is 48.0 Å². The molecule has 0 unspecified atom stereocenters. The molecule has 2 aromatic carbocycles. The highest BCUT2D eigenvalue weighted by Gasteiger charge is 2.15. The maximum Gasteiger partial charge on any atom is 0.191 e. The lowest BCUT2D eigenvalue weighted by Gasteiger charge is -2.23. The molecular formula is C18H25N3S. The molecule has 0 heterocycles. The normalized spacial score (nSPS) is 12.5. The van der Waals surface area contributed by atoms with Gasteiger partial charge < -0.3 is 10.6 Å². The molecule has 0 aliphatic rings. The van der Waals surface area contributed by atoms with Crippen molar-refractivity contribution in [2.24, 2.45) is 4.99 Å². The lowest BCUT2D eigenvalue weighted by molar-refractivity contribution is 0.664. The van der Waals surface area contributed by atoms with Crippen LogP contribution in [0.1, 0.15) is 19.4 Å². The van der Waals surface area contributed by atoms with Gasteiger partial charge in [0.05, 0.1) is 0 Å². The molecule has 22 heavy (non-hydrogen) atoms. The van der Waals surface area contributed by atoms with Crippen LogP contribution in [0.5, 0.6) is 0 Å². The number of nitrogens with zero attached hydrogens (tertiary/aromatic N) is 1. The van der Waals surface area contributed by atoms with E-state index < -0.39 is 0 Å². The van der Waals surface area contributed by atoms with Gasteiger partial charge >= 0.3 is 0 Å². The third-order valence-corrected chi connectivity index (χ3v) is 4.98. The second-order valence-corrected chi connectivity index (χ2v) is 7.44. The third kappa shape index (κ3) is 4.67. The average Bonchev–Trinajstić information content (AvgIpc) is 2.55. The van der Waals surface area contributed by atoms with E-state index in [1.165, 1.54) is 16.3 Å². The lowest BCUT2D eigenvalue weighted by atomic mass is 10.1. The number of guanidine groups is 1. The van der Waals surface area contributed by atoms with Gasteiger partial charge in [-0.3, -0.25) is 4.99 Å². The molecule has 0 aliphatic carbocycles. The SMILES string of the molecule is CN=C(NCc1ccc2ccccc2c1)NCC(C)(C)SC. The summed E-state index contributed by atoms with van der Waals surface area (Å²) in [6.45, 7) is 6.10. The summed E-state index contributed by atoms with van der Waals surface area (Å²) in [6.07, 6.45) is 2.13. The van der Waals surface area contributed by atoms with Crippen LogP contribution in [-0.4, -0.2) is 30.6 Å². The molecular weight excluding hydrogens is 290 g/mol. The number of nitrogens with one attached hydrogen (secondary N) is 2. The van der Waals surface area contributed by atoms with Gasteiger partial charge in [-0.25, -0.2) is 0 Å². The third-order valence-electron chi connectivity index (χ3n) is 3.73. The lowest BCUT2D eigenvalue weighted by Crippen LogP contribution is -2.42. The van der Waals surface area contributed by atoms with Gasteiger partial charge in [0.15, 0.2) is 5.96 Å². The quantitative estimate of drug-likeness (QED) is 0.653. The Morgan fingerprint density at radius 1 is 1.09 bits per heavy atom. The first-order valence-corrected chi connectivity index (χ1v) is 8.74. The number of aliphatic imine (C=N–C) groups is 1. The van der Waals surface area contributed by atoms with Crippen LogP contribution in [-0.2, 0) is 6.54 Å². The number of benzene rings is 2. The fraction of sp³-hybridized carbons (Fsp3) is 0.389. The van der Waals surface area contributed by atoms with E-state index in [9.17, 15) is 0 Å². The van der Waals surface area contributed by atoms with Crippen molar-refractivity contribution < 1.29 is 0 Å². The highest BCUT2D eigenvalue weighted by molar-refractivity contribution is 7.99. The first kappa shape index (κ1) is 16.7. The number of thioether (sulfide) groups is 1. The van der Waals surface area contributed by atoms with E-state index in [1.807, 2.05) is 18.8 Å². The average molecular weight is 315 g/mol. The van der Waals surface area contributed by atoms with Crippen molar-refractivity contribution in [3.63, 3.8) is 0 Å². The minimum Gasteiger partial charge on any atom is -0.355 e. The van der Waals surface area contributed by atoms with Gasteiger partial charge in [0.2, 0.25) is 0 Å². The van der Waals surface area contributed by atoms with Crippen LogP contribution >= 0.6 is 11.8 Å². The first-order valence-electron chi connectivity index (χ1n) is 7.51. The smallest absolute Gasteiger partial charge is 0.191 e. The van der Waals surface area contributed by atoms with Crippen LogP contribution in [0.15, 0.2) is 47.5 Å². The molecule has 0 saturated heterocycles. The van der Waals surface area contributed by atoms with E-state index in [0.29, 0.717) is 0 Å². The molecule has 3 nitrogen and oxygen atoms in total. The number of fused-ring (bicyclic) bond motifs is 1. The Morgan fingerprint density at radius 3 is 2.50 bits per heavy atom. The van der Waals surface area contributed by atoms with E-state index >= 15 is 0 Å². The summed E-state index contributed by atoms with van der Waals surface area (Å²) in [5.41, 5.74) is 1.26.